The minimum atomic E-state index is -0.269. The third-order valence-electron chi connectivity index (χ3n) is 4.13. The highest BCUT2D eigenvalue weighted by molar-refractivity contribution is 7.08. The number of carbonyl (C=O) groups is 1. The number of methoxy groups -OCH3 is 1. The van der Waals surface area contributed by atoms with Crippen LogP contribution in [-0.2, 0) is 0 Å². The van der Waals surface area contributed by atoms with Gasteiger partial charge in [0.2, 0.25) is 0 Å². The molecule has 1 aliphatic heterocycles. The molecule has 4 rings (SSSR count). The maximum absolute atomic E-state index is 13.2. The molecule has 0 aliphatic carbocycles. The van der Waals surface area contributed by atoms with Crippen LogP contribution in [0.5, 0.6) is 5.75 Å². The van der Waals surface area contributed by atoms with Gasteiger partial charge in [-0.1, -0.05) is 24.3 Å². The number of benzene rings is 2. The van der Waals surface area contributed by atoms with Gasteiger partial charge in [0.25, 0.3) is 5.91 Å². The Kier molecular flexibility index (Phi) is 3.70. The van der Waals surface area contributed by atoms with Crippen LogP contribution in [-0.4, -0.2) is 13.0 Å². The van der Waals surface area contributed by atoms with E-state index in [0.29, 0.717) is 11.3 Å². The van der Waals surface area contributed by atoms with Crippen molar-refractivity contribution in [2.45, 2.75) is 6.17 Å². The summed E-state index contributed by atoms with van der Waals surface area (Å²) in [6.07, 6.45) is -0.269. The number of nitrogens with one attached hydrogen (secondary N) is 1. The molecule has 5 heteroatoms. The Bertz CT molecular complexity index is 877. The zero-order valence-electron chi connectivity index (χ0n) is 13.1. The molecule has 3 aromatic rings. The SMILES string of the molecule is COc1ccccc1N1C(=O)c2ccccc2NC1c1ccsc1. The number of hydrogen-bond acceptors (Lipinski definition) is 4. The van der Waals surface area contributed by atoms with Gasteiger partial charge in [0.05, 0.1) is 18.4 Å². The summed E-state index contributed by atoms with van der Waals surface area (Å²) >= 11 is 1.61. The predicted molar refractivity (Wildman–Crippen MR) is 96.9 cm³/mol. The van der Waals surface area contributed by atoms with E-state index in [1.807, 2.05) is 60.0 Å². The lowest BCUT2D eigenvalue weighted by molar-refractivity contribution is 0.0974. The molecule has 2 heterocycles. The van der Waals surface area contributed by atoms with Gasteiger partial charge in [-0.25, -0.2) is 0 Å². The second-order valence-corrected chi connectivity index (χ2v) is 6.28. The third kappa shape index (κ3) is 2.34. The van der Waals surface area contributed by atoms with Crippen LogP contribution in [0.3, 0.4) is 0 Å². The van der Waals surface area contributed by atoms with Crippen molar-refractivity contribution in [2.24, 2.45) is 0 Å². The minimum absolute atomic E-state index is 0.0370. The Morgan fingerprint density at radius 2 is 1.88 bits per heavy atom. The van der Waals surface area contributed by atoms with Crippen molar-refractivity contribution in [3.8, 4) is 5.75 Å². The minimum Gasteiger partial charge on any atom is -0.495 e. The van der Waals surface area contributed by atoms with Crippen LogP contribution >= 0.6 is 11.3 Å². The Hall–Kier alpha value is -2.79. The number of nitrogens with zero attached hydrogens (tertiary/aromatic N) is 1. The maximum Gasteiger partial charge on any atom is 0.262 e. The molecule has 1 N–H and O–H groups in total. The van der Waals surface area contributed by atoms with Crippen molar-refractivity contribution in [1.29, 1.82) is 0 Å². The summed E-state index contributed by atoms with van der Waals surface area (Å²) in [5.41, 5.74) is 3.32. The number of hydrogen-bond donors (Lipinski definition) is 1. The normalized spacial score (nSPS) is 16.5. The highest BCUT2D eigenvalue weighted by atomic mass is 32.1. The molecule has 1 unspecified atom stereocenters. The zero-order chi connectivity index (χ0) is 16.5. The molecule has 0 bridgehead atoms. The van der Waals surface area contributed by atoms with Crippen LogP contribution in [0, 0.1) is 0 Å². The number of rotatable bonds is 3. The standard InChI is InChI=1S/C19H16N2O2S/c1-23-17-9-5-4-8-16(17)21-18(13-10-11-24-12-13)20-15-7-3-2-6-14(15)19(21)22/h2-12,18,20H,1H3. The quantitative estimate of drug-likeness (QED) is 0.764. The van der Waals surface area contributed by atoms with E-state index in [1.165, 1.54) is 0 Å². The van der Waals surface area contributed by atoms with E-state index in [1.54, 1.807) is 23.3 Å². The van der Waals surface area contributed by atoms with Crippen molar-refractivity contribution in [2.75, 3.05) is 17.3 Å². The molecule has 0 saturated carbocycles. The molecule has 2 aromatic carbocycles. The maximum atomic E-state index is 13.2. The van der Waals surface area contributed by atoms with Crippen molar-refractivity contribution in [1.82, 2.24) is 0 Å². The van der Waals surface area contributed by atoms with Crippen LogP contribution in [0.25, 0.3) is 0 Å². The van der Waals surface area contributed by atoms with E-state index < -0.39 is 0 Å². The molecule has 24 heavy (non-hydrogen) atoms. The van der Waals surface area contributed by atoms with Gasteiger partial charge in [-0.15, -0.1) is 0 Å². The largest absolute Gasteiger partial charge is 0.495 e. The van der Waals surface area contributed by atoms with Crippen LogP contribution < -0.4 is 15.0 Å². The molecule has 0 saturated heterocycles. The average Bonchev–Trinajstić information content (AvgIpc) is 3.16. The van der Waals surface area contributed by atoms with Gasteiger partial charge in [-0.2, -0.15) is 11.3 Å². The molecule has 1 atom stereocenters. The van der Waals surface area contributed by atoms with Gasteiger partial charge in [0.15, 0.2) is 0 Å². The number of ether oxygens (including phenoxy) is 1. The number of amides is 1. The summed E-state index contributed by atoms with van der Waals surface area (Å²) in [7, 11) is 1.62. The predicted octanol–water partition coefficient (Wildman–Crippen LogP) is 4.53. The fraction of sp³-hybridized carbons (Fsp3) is 0.105. The molecule has 4 nitrogen and oxygen atoms in total. The lowest BCUT2D eigenvalue weighted by Gasteiger charge is -2.38. The third-order valence-corrected chi connectivity index (χ3v) is 4.83. The van der Waals surface area contributed by atoms with Gasteiger partial charge >= 0.3 is 0 Å². The highest BCUT2D eigenvalue weighted by Crippen LogP contribution is 2.40. The topological polar surface area (TPSA) is 41.6 Å². The fourth-order valence-corrected chi connectivity index (χ4v) is 3.67. The number of fused-ring (bicyclic) bond motifs is 1. The van der Waals surface area contributed by atoms with E-state index in [-0.39, 0.29) is 12.1 Å². The van der Waals surface area contributed by atoms with Crippen LogP contribution in [0.4, 0.5) is 11.4 Å². The molecule has 120 valence electrons. The van der Waals surface area contributed by atoms with E-state index in [4.69, 9.17) is 4.74 Å². The lowest BCUT2D eigenvalue weighted by Crippen LogP contribution is -2.43. The second-order valence-electron chi connectivity index (χ2n) is 5.50. The van der Waals surface area contributed by atoms with Crippen LogP contribution in [0.2, 0.25) is 0 Å². The summed E-state index contributed by atoms with van der Waals surface area (Å²) in [6, 6.07) is 17.2. The Morgan fingerprint density at radius 3 is 2.67 bits per heavy atom. The van der Waals surface area contributed by atoms with Gasteiger partial charge in [0, 0.05) is 11.3 Å². The van der Waals surface area contributed by atoms with Crippen LogP contribution in [0.15, 0.2) is 65.4 Å². The number of anilines is 2. The summed E-state index contributed by atoms with van der Waals surface area (Å²) in [4.78, 5) is 15.0. The Morgan fingerprint density at radius 1 is 1.08 bits per heavy atom. The Balaban J connectivity index is 1.89. The second kappa shape index (κ2) is 6.02. The summed E-state index contributed by atoms with van der Waals surface area (Å²) in [5.74, 6) is 0.636. The molecule has 1 amide bonds. The van der Waals surface area contributed by atoms with Crippen molar-refractivity contribution in [3.05, 3.63) is 76.5 Å². The van der Waals surface area contributed by atoms with Gasteiger partial charge in [0.1, 0.15) is 11.9 Å². The fourth-order valence-electron chi connectivity index (χ4n) is 2.99. The van der Waals surface area contributed by atoms with E-state index in [9.17, 15) is 4.79 Å². The first-order valence-corrected chi connectivity index (χ1v) is 8.58. The van der Waals surface area contributed by atoms with Gasteiger partial charge in [-0.05, 0) is 41.1 Å². The molecular formula is C19H16N2O2S. The molecule has 0 spiro atoms. The summed E-state index contributed by atoms with van der Waals surface area (Å²) < 4.78 is 5.48. The van der Waals surface area contributed by atoms with E-state index in [0.717, 1.165) is 16.9 Å². The monoisotopic (exact) mass is 336 g/mol. The molecule has 0 fully saturated rings. The highest BCUT2D eigenvalue weighted by Gasteiger charge is 2.35. The van der Waals surface area contributed by atoms with Gasteiger partial charge in [-0.3, -0.25) is 9.69 Å². The van der Waals surface area contributed by atoms with E-state index in [2.05, 4.69) is 10.7 Å². The average molecular weight is 336 g/mol. The Labute approximate surface area is 144 Å². The first-order valence-electron chi connectivity index (χ1n) is 7.64. The number of carbonyl (C=O) groups excluding carboxylic acids is 1. The first-order chi connectivity index (χ1) is 11.8. The molecule has 1 aromatic heterocycles. The molecule has 1 aliphatic rings. The molecular weight excluding hydrogens is 320 g/mol. The van der Waals surface area contributed by atoms with Crippen molar-refractivity contribution in [3.63, 3.8) is 0 Å². The molecule has 0 radical (unpaired) electrons. The van der Waals surface area contributed by atoms with Crippen LogP contribution in [0.1, 0.15) is 22.1 Å². The van der Waals surface area contributed by atoms with E-state index >= 15 is 0 Å². The van der Waals surface area contributed by atoms with Crippen molar-refractivity contribution < 1.29 is 9.53 Å². The summed E-state index contributed by atoms with van der Waals surface area (Å²) in [6.45, 7) is 0. The smallest absolute Gasteiger partial charge is 0.262 e. The van der Waals surface area contributed by atoms with Gasteiger partial charge < -0.3 is 10.1 Å². The first kappa shape index (κ1) is 14.8. The summed E-state index contributed by atoms with van der Waals surface area (Å²) in [5, 5.41) is 7.56. The number of thiophene rings is 1. The lowest BCUT2D eigenvalue weighted by atomic mass is 10.0. The number of para-hydroxylation sites is 3. The van der Waals surface area contributed by atoms with Crippen molar-refractivity contribution >= 4 is 28.6 Å². The zero-order valence-corrected chi connectivity index (χ0v) is 13.9.